The Morgan fingerprint density at radius 1 is 1.06 bits per heavy atom. The van der Waals surface area contributed by atoms with Gasteiger partial charge in [0.1, 0.15) is 5.65 Å². The van der Waals surface area contributed by atoms with Crippen molar-refractivity contribution in [3.63, 3.8) is 0 Å². The maximum absolute atomic E-state index is 13.1. The molecule has 0 aliphatic rings. The number of aromatic amines is 1. The molecular weight excluding hydrogens is 475 g/mol. The van der Waals surface area contributed by atoms with Gasteiger partial charge in [-0.2, -0.15) is 13.2 Å². The molecular formula is C25H22F3N5O3. The van der Waals surface area contributed by atoms with E-state index in [9.17, 15) is 27.9 Å². The number of nitrogens with zero attached hydrogens (tertiary/aromatic N) is 1. The van der Waals surface area contributed by atoms with Crippen LogP contribution in [-0.2, 0) is 6.18 Å². The van der Waals surface area contributed by atoms with Gasteiger partial charge >= 0.3 is 6.18 Å². The van der Waals surface area contributed by atoms with E-state index in [1.807, 2.05) is 0 Å². The van der Waals surface area contributed by atoms with Crippen LogP contribution in [-0.4, -0.2) is 40.0 Å². The summed E-state index contributed by atoms with van der Waals surface area (Å²) in [5, 5.41) is 18.3. The van der Waals surface area contributed by atoms with Gasteiger partial charge in [-0.15, -0.1) is 0 Å². The van der Waals surface area contributed by atoms with Crippen molar-refractivity contribution in [2.24, 2.45) is 0 Å². The normalized spacial score (nSPS) is 11.4. The molecule has 2 aromatic heterocycles. The van der Waals surface area contributed by atoms with Gasteiger partial charge in [-0.25, -0.2) is 4.98 Å². The number of aromatic nitrogens is 2. The van der Waals surface area contributed by atoms with E-state index < -0.39 is 23.6 Å². The molecule has 0 aliphatic heterocycles. The van der Waals surface area contributed by atoms with Crippen molar-refractivity contribution >= 4 is 39.9 Å². The summed E-state index contributed by atoms with van der Waals surface area (Å²) in [4.78, 5) is 32.9. The summed E-state index contributed by atoms with van der Waals surface area (Å²) >= 11 is 0. The number of pyridine rings is 1. The molecule has 0 aliphatic carbocycles. The highest BCUT2D eigenvalue weighted by Gasteiger charge is 2.31. The van der Waals surface area contributed by atoms with E-state index in [4.69, 9.17) is 0 Å². The molecule has 0 spiro atoms. The zero-order valence-electron chi connectivity index (χ0n) is 19.0. The highest BCUT2D eigenvalue weighted by Crippen LogP contribution is 2.30. The summed E-state index contributed by atoms with van der Waals surface area (Å²) in [6.45, 7) is 1.84. The predicted molar refractivity (Wildman–Crippen MR) is 130 cm³/mol. The summed E-state index contributed by atoms with van der Waals surface area (Å²) in [6, 6.07) is 10.6. The number of alkyl halides is 3. The van der Waals surface area contributed by atoms with Crippen LogP contribution in [0, 0.1) is 6.92 Å². The number of anilines is 3. The Balaban J connectivity index is 1.56. The van der Waals surface area contributed by atoms with Crippen molar-refractivity contribution in [1.82, 2.24) is 9.97 Å². The smallest absolute Gasteiger partial charge is 0.395 e. The number of aryl methyl sites for hydroxylation is 1. The van der Waals surface area contributed by atoms with Gasteiger partial charge in [-0.3, -0.25) is 9.59 Å². The van der Waals surface area contributed by atoms with E-state index in [0.29, 0.717) is 28.0 Å². The molecule has 4 aromatic rings. The van der Waals surface area contributed by atoms with Crippen molar-refractivity contribution in [3.05, 3.63) is 83.2 Å². The predicted octanol–water partition coefficient (Wildman–Crippen LogP) is 4.80. The minimum absolute atomic E-state index is 0.137. The summed E-state index contributed by atoms with van der Waals surface area (Å²) < 4.78 is 39.0. The third-order valence-corrected chi connectivity index (χ3v) is 5.44. The highest BCUT2D eigenvalue weighted by molar-refractivity contribution is 6.12. The average molecular weight is 497 g/mol. The first-order chi connectivity index (χ1) is 17.2. The standard InChI is InChI=1S/C25H22F3N5O3/c1-14-5-6-17(32-23(35)15-3-2-4-16(11-15)25(26,27)28)12-20(14)33-24(36)19-13-31-22-18(7-8-30-22)21(19)29-9-10-34/h2-8,11-13,34H,9-10H2,1H3,(H,32,35)(H,33,36)(H2,29,30,31). The molecule has 11 heteroatoms. The number of carbonyl (C=O) groups is 2. The molecule has 0 saturated carbocycles. The van der Waals surface area contributed by atoms with E-state index in [1.54, 1.807) is 31.3 Å². The molecule has 0 fully saturated rings. The van der Waals surface area contributed by atoms with Crippen LogP contribution in [0.3, 0.4) is 0 Å². The van der Waals surface area contributed by atoms with Gasteiger partial charge in [0.25, 0.3) is 11.8 Å². The number of benzene rings is 2. The molecule has 0 saturated heterocycles. The Morgan fingerprint density at radius 2 is 1.86 bits per heavy atom. The fourth-order valence-corrected chi connectivity index (χ4v) is 3.62. The first-order valence-electron chi connectivity index (χ1n) is 10.9. The number of fused-ring (bicyclic) bond motifs is 1. The number of H-pyrrole nitrogens is 1. The van der Waals surface area contributed by atoms with Crippen molar-refractivity contribution in [3.8, 4) is 0 Å². The molecule has 0 radical (unpaired) electrons. The molecule has 8 nitrogen and oxygen atoms in total. The number of halogens is 3. The van der Waals surface area contributed by atoms with Gasteiger partial charge in [0.05, 0.1) is 23.4 Å². The van der Waals surface area contributed by atoms with Gasteiger partial charge in [0, 0.05) is 41.3 Å². The second-order valence-electron chi connectivity index (χ2n) is 7.95. The number of hydrogen-bond donors (Lipinski definition) is 5. The van der Waals surface area contributed by atoms with E-state index in [-0.39, 0.29) is 30.0 Å². The van der Waals surface area contributed by atoms with E-state index >= 15 is 0 Å². The van der Waals surface area contributed by atoms with E-state index in [1.165, 1.54) is 18.3 Å². The summed E-state index contributed by atoms with van der Waals surface area (Å²) in [5.74, 6) is -1.20. The minimum Gasteiger partial charge on any atom is -0.395 e. The Bertz CT molecular complexity index is 1430. The fraction of sp³-hybridized carbons (Fsp3) is 0.160. The number of aliphatic hydroxyl groups is 1. The third-order valence-electron chi connectivity index (χ3n) is 5.44. The van der Waals surface area contributed by atoms with Crippen LogP contribution < -0.4 is 16.0 Å². The molecule has 0 bridgehead atoms. The quantitative estimate of drug-likeness (QED) is 0.251. The van der Waals surface area contributed by atoms with Gasteiger partial charge < -0.3 is 26.0 Å². The molecule has 0 atom stereocenters. The lowest BCUT2D eigenvalue weighted by atomic mass is 10.1. The van der Waals surface area contributed by atoms with Crippen LogP contribution in [0.1, 0.15) is 31.8 Å². The third kappa shape index (κ3) is 5.31. The first kappa shape index (κ1) is 24.7. The zero-order chi connectivity index (χ0) is 25.9. The Kier molecular flexibility index (Phi) is 6.93. The molecule has 186 valence electrons. The molecule has 2 aromatic carbocycles. The van der Waals surface area contributed by atoms with Crippen LogP contribution >= 0.6 is 0 Å². The number of amides is 2. The van der Waals surface area contributed by atoms with Crippen LogP contribution in [0.15, 0.2) is 60.9 Å². The maximum atomic E-state index is 13.1. The molecule has 4 rings (SSSR count). The summed E-state index contributed by atoms with van der Waals surface area (Å²) in [5.41, 5.74) is 1.61. The largest absolute Gasteiger partial charge is 0.416 e. The van der Waals surface area contributed by atoms with Crippen LogP contribution in [0.4, 0.5) is 30.2 Å². The van der Waals surface area contributed by atoms with Gasteiger partial charge in [-0.1, -0.05) is 12.1 Å². The number of rotatable bonds is 7. The van der Waals surface area contributed by atoms with Gasteiger partial charge in [0.15, 0.2) is 0 Å². The fourth-order valence-electron chi connectivity index (χ4n) is 3.62. The Morgan fingerprint density at radius 3 is 2.61 bits per heavy atom. The van der Waals surface area contributed by atoms with Crippen LogP contribution in [0.25, 0.3) is 11.0 Å². The van der Waals surface area contributed by atoms with Gasteiger partial charge in [-0.05, 0) is 48.9 Å². The van der Waals surface area contributed by atoms with E-state index in [0.717, 1.165) is 18.2 Å². The van der Waals surface area contributed by atoms with Gasteiger partial charge in [0.2, 0.25) is 0 Å². The first-order valence-corrected chi connectivity index (χ1v) is 10.9. The Hall–Kier alpha value is -4.38. The molecule has 2 heterocycles. The van der Waals surface area contributed by atoms with Crippen LogP contribution in [0.5, 0.6) is 0 Å². The van der Waals surface area contributed by atoms with Crippen molar-refractivity contribution in [1.29, 1.82) is 0 Å². The molecule has 0 unspecified atom stereocenters. The molecule has 36 heavy (non-hydrogen) atoms. The average Bonchev–Trinajstić information content (AvgIpc) is 3.33. The molecule has 2 amide bonds. The Labute approximate surface area is 203 Å². The second kappa shape index (κ2) is 10.1. The SMILES string of the molecule is Cc1ccc(NC(=O)c2cccc(C(F)(F)F)c2)cc1NC(=O)c1cnc2[nH]ccc2c1NCCO. The number of aliphatic hydroxyl groups excluding tert-OH is 1. The van der Waals surface area contributed by atoms with Crippen molar-refractivity contribution < 1.29 is 27.9 Å². The lowest BCUT2D eigenvalue weighted by Gasteiger charge is -2.15. The maximum Gasteiger partial charge on any atom is 0.416 e. The number of carbonyl (C=O) groups excluding carboxylic acids is 2. The number of hydrogen-bond acceptors (Lipinski definition) is 5. The molecule has 5 N–H and O–H groups in total. The van der Waals surface area contributed by atoms with Crippen molar-refractivity contribution in [2.75, 3.05) is 29.1 Å². The zero-order valence-corrected chi connectivity index (χ0v) is 19.0. The van der Waals surface area contributed by atoms with Crippen LogP contribution in [0.2, 0.25) is 0 Å². The summed E-state index contributed by atoms with van der Waals surface area (Å²) in [7, 11) is 0. The summed E-state index contributed by atoms with van der Waals surface area (Å²) in [6.07, 6.45) is -1.48. The monoisotopic (exact) mass is 497 g/mol. The van der Waals surface area contributed by atoms with E-state index in [2.05, 4.69) is 25.9 Å². The number of nitrogens with one attached hydrogen (secondary N) is 4. The minimum atomic E-state index is -4.57. The van der Waals surface area contributed by atoms with Crippen molar-refractivity contribution in [2.45, 2.75) is 13.1 Å². The lowest BCUT2D eigenvalue weighted by molar-refractivity contribution is -0.137. The topological polar surface area (TPSA) is 119 Å². The lowest BCUT2D eigenvalue weighted by Crippen LogP contribution is -2.18. The second-order valence-corrected chi connectivity index (χ2v) is 7.95. The highest BCUT2D eigenvalue weighted by atomic mass is 19.4.